The Bertz CT molecular complexity index is 429. The summed E-state index contributed by atoms with van der Waals surface area (Å²) in [5.41, 5.74) is 1.34. The van der Waals surface area contributed by atoms with Crippen molar-refractivity contribution in [3.8, 4) is 11.5 Å². The van der Waals surface area contributed by atoms with Gasteiger partial charge in [-0.05, 0) is 37.8 Å². The van der Waals surface area contributed by atoms with Gasteiger partial charge in [-0.1, -0.05) is 26.0 Å². The minimum atomic E-state index is 0.299. The maximum Gasteiger partial charge on any atom is 0.162 e. The van der Waals surface area contributed by atoms with Gasteiger partial charge in [0.2, 0.25) is 0 Å². The molecule has 1 fully saturated rings. The molecule has 2 rings (SSSR count). The highest BCUT2D eigenvalue weighted by molar-refractivity contribution is 5.45. The molecule has 0 unspecified atom stereocenters. The van der Waals surface area contributed by atoms with Crippen LogP contribution in [0.4, 0.5) is 0 Å². The lowest BCUT2D eigenvalue weighted by Gasteiger charge is -2.38. The van der Waals surface area contributed by atoms with Crippen LogP contribution >= 0.6 is 0 Å². The lowest BCUT2D eigenvalue weighted by Crippen LogP contribution is -2.39. The van der Waals surface area contributed by atoms with Gasteiger partial charge in [0.05, 0.1) is 6.61 Å². The standard InChI is InChI=1S/C16H25NO2/c1-4-19-14-8-5-7-13(15(14)18)11-17-10-6-9-16(2,3)12-17/h5,7-8,18H,4,6,9-12H2,1-3H3. The van der Waals surface area contributed by atoms with E-state index in [0.29, 0.717) is 23.5 Å². The van der Waals surface area contributed by atoms with Crippen molar-refractivity contribution < 1.29 is 9.84 Å². The number of piperidine rings is 1. The molecule has 1 aromatic rings. The first kappa shape index (κ1) is 14.2. The first-order valence-corrected chi connectivity index (χ1v) is 7.18. The molecular formula is C16H25NO2. The molecule has 19 heavy (non-hydrogen) atoms. The van der Waals surface area contributed by atoms with Gasteiger partial charge < -0.3 is 9.84 Å². The van der Waals surface area contributed by atoms with Crippen LogP contribution in [0.3, 0.4) is 0 Å². The van der Waals surface area contributed by atoms with E-state index in [0.717, 1.165) is 25.2 Å². The van der Waals surface area contributed by atoms with E-state index in [1.807, 2.05) is 25.1 Å². The minimum absolute atomic E-state index is 0.299. The van der Waals surface area contributed by atoms with Crippen molar-refractivity contribution in [2.24, 2.45) is 5.41 Å². The van der Waals surface area contributed by atoms with Crippen molar-refractivity contribution >= 4 is 0 Å². The molecule has 1 aromatic carbocycles. The fourth-order valence-corrected chi connectivity index (χ4v) is 2.89. The van der Waals surface area contributed by atoms with Crippen LogP contribution in [0.25, 0.3) is 0 Å². The molecule has 0 amide bonds. The van der Waals surface area contributed by atoms with Crippen molar-refractivity contribution in [2.75, 3.05) is 19.7 Å². The zero-order chi connectivity index (χ0) is 13.9. The molecule has 1 N–H and O–H groups in total. The van der Waals surface area contributed by atoms with E-state index in [4.69, 9.17) is 4.74 Å². The fourth-order valence-electron chi connectivity index (χ4n) is 2.89. The van der Waals surface area contributed by atoms with Crippen LogP contribution in [0.2, 0.25) is 0 Å². The van der Waals surface area contributed by atoms with Gasteiger partial charge in [-0.15, -0.1) is 0 Å². The number of hydrogen-bond acceptors (Lipinski definition) is 3. The zero-order valence-electron chi connectivity index (χ0n) is 12.3. The molecule has 106 valence electrons. The number of ether oxygens (including phenoxy) is 1. The third-order valence-corrected chi connectivity index (χ3v) is 3.76. The van der Waals surface area contributed by atoms with E-state index >= 15 is 0 Å². The Morgan fingerprint density at radius 1 is 1.37 bits per heavy atom. The third kappa shape index (κ3) is 3.63. The number of aromatic hydroxyl groups is 1. The minimum Gasteiger partial charge on any atom is -0.504 e. The lowest BCUT2D eigenvalue weighted by molar-refractivity contribution is 0.111. The molecular weight excluding hydrogens is 238 g/mol. The Labute approximate surface area is 116 Å². The van der Waals surface area contributed by atoms with Crippen LogP contribution in [0, 0.1) is 5.41 Å². The average Bonchev–Trinajstić information content (AvgIpc) is 2.33. The summed E-state index contributed by atoms with van der Waals surface area (Å²) in [5.74, 6) is 0.893. The van der Waals surface area contributed by atoms with E-state index < -0.39 is 0 Å². The van der Waals surface area contributed by atoms with Gasteiger partial charge in [0.25, 0.3) is 0 Å². The van der Waals surface area contributed by atoms with Crippen molar-refractivity contribution in [1.82, 2.24) is 4.90 Å². The van der Waals surface area contributed by atoms with E-state index in [2.05, 4.69) is 18.7 Å². The number of benzene rings is 1. The van der Waals surface area contributed by atoms with Crippen molar-refractivity contribution in [2.45, 2.75) is 40.2 Å². The van der Waals surface area contributed by atoms with Crippen LogP contribution in [-0.2, 0) is 6.54 Å². The van der Waals surface area contributed by atoms with Gasteiger partial charge in [-0.2, -0.15) is 0 Å². The summed E-state index contributed by atoms with van der Waals surface area (Å²) in [7, 11) is 0. The fraction of sp³-hybridized carbons (Fsp3) is 0.625. The number of phenols is 1. The Hall–Kier alpha value is -1.22. The van der Waals surface area contributed by atoms with Crippen LogP contribution in [0.1, 0.15) is 39.2 Å². The Balaban J connectivity index is 2.08. The lowest BCUT2D eigenvalue weighted by atomic mass is 9.84. The summed E-state index contributed by atoms with van der Waals surface area (Å²) >= 11 is 0. The molecule has 0 bridgehead atoms. The van der Waals surface area contributed by atoms with Crippen LogP contribution in [0.5, 0.6) is 11.5 Å². The Morgan fingerprint density at radius 2 is 2.16 bits per heavy atom. The molecule has 1 aliphatic rings. The highest BCUT2D eigenvalue weighted by Gasteiger charge is 2.26. The molecule has 3 nitrogen and oxygen atoms in total. The second-order valence-electron chi connectivity index (χ2n) is 6.18. The summed E-state index contributed by atoms with van der Waals surface area (Å²) in [4.78, 5) is 2.42. The predicted octanol–water partition coefficient (Wildman–Crippen LogP) is 3.41. The largest absolute Gasteiger partial charge is 0.504 e. The quantitative estimate of drug-likeness (QED) is 0.903. The second-order valence-corrected chi connectivity index (χ2v) is 6.18. The average molecular weight is 263 g/mol. The molecule has 0 aromatic heterocycles. The second kappa shape index (κ2) is 5.83. The van der Waals surface area contributed by atoms with E-state index in [9.17, 15) is 5.11 Å². The number of para-hydroxylation sites is 1. The number of rotatable bonds is 4. The van der Waals surface area contributed by atoms with Gasteiger partial charge in [-0.25, -0.2) is 0 Å². The van der Waals surface area contributed by atoms with Gasteiger partial charge in [0, 0.05) is 18.7 Å². The number of likely N-dealkylation sites (tertiary alicyclic amines) is 1. The summed E-state index contributed by atoms with van der Waals surface area (Å²) < 4.78 is 5.44. The molecule has 1 aliphatic heterocycles. The van der Waals surface area contributed by atoms with E-state index in [1.54, 1.807) is 0 Å². The number of phenolic OH excluding ortho intramolecular Hbond substituents is 1. The van der Waals surface area contributed by atoms with Crippen molar-refractivity contribution in [1.29, 1.82) is 0 Å². The molecule has 0 atom stereocenters. The predicted molar refractivity (Wildman–Crippen MR) is 77.6 cm³/mol. The van der Waals surface area contributed by atoms with Gasteiger partial charge in [0.15, 0.2) is 11.5 Å². The van der Waals surface area contributed by atoms with Crippen molar-refractivity contribution in [3.05, 3.63) is 23.8 Å². The molecule has 0 spiro atoms. The normalized spacial score (nSPS) is 19.3. The molecule has 1 saturated heterocycles. The summed E-state index contributed by atoms with van der Waals surface area (Å²) in [6.07, 6.45) is 2.52. The smallest absolute Gasteiger partial charge is 0.162 e. The summed E-state index contributed by atoms with van der Waals surface area (Å²) in [6.45, 7) is 10.1. The monoisotopic (exact) mass is 263 g/mol. The van der Waals surface area contributed by atoms with Gasteiger partial charge in [-0.3, -0.25) is 4.90 Å². The summed E-state index contributed by atoms with van der Waals surface area (Å²) in [6, 6.07) is 5.76. The molecule has 0 saturated carbocycles. The SMILES string of the molecule is CCOc1cccc(CN2CCCC(C)(C)C2)c1O. The van der Waals surface area contributed by atoms with Crippen LogP contribution in [0.15, 0.2) is 18.2 Å². The Kier molecular flexibility index (Phi) is 4.35. The third-order valence-electron chi connectivity index (χ3n) is 3.76. The molecule has 0 aliphatic carbocycles. The van der Waals surface area contributed by atoms with Crippen LogP contribution < -0.4 is 4.74 Å². The molecule has 1 heterocycles. The number of hydrogen-bond donors (Lipinski definition) is 1. The zero-order valence-corrected chi connectivity index (χ0v) is 12.3. The Morgan fingerprint density at radius 3 is 2.84 bits per heavy atom. The van der Waals surface area contributed by atoms with Crippen LogP contribution in [-0.4, -0.2) is 29.7 Å². The van der Waals surface area contributed by atoms with Gasteiger partial charge in [0.1, 0.15) is 0 Å². The van der Waals surface area contributed by atoms with Crippen molar-refractivity contribution in [3.63, 3.8) is 0 Å². The maximum absolute atomic E-state index is 10.2. The number of nitrogens with zero attached hydrogens (tertiary/aromatic N) is 1. The first-order valence-electron chi connectivity index (χ1n) is 7.18. The molecule has 3 heteroatoms. The summed E-state index contributed by atoms with van der Waals surface area (Å²) in [5, 5.41) is 10.2. The highest BCUT2D eigenvalue weighted by Crippen LogP contribution is 2.33. The first-order chi connectivity index (χ1) is 9.02. The van der Waals surface area contributed by atoms with Gasteiger partial charge >= 0.3 is 0 Å². The highest BCUT2D eigenvalue weighted by atomic mass is 16.5. The topological polar surface area (TPSA) is 32.7 Å². The maximum atomic E-state index is 10.2. The van der Waals surface area contributed by atoms with E-state index in [1.165, 1.54) is 12.8 Å². The van der Waals surface area contributed by atoms with E-state index in [-0.39, 0.29) is 0 Å². The molecule has 0 radical (unpaired) electrons.